The Bertz CT molecular complexity index is 1500. The largest absolute Gasteiger partial charge is 0.492 e. The molecule has 1 amide bonds. The van der Waals surface area contributed by atoms with Crippen LogP contribution in [-0.4, -0.2) is 71.6 Å². The van der Waals surface area contributed by atoms with Crippen LogP contribution in [0.25, 0.3) is 22.6 Å². The lowest BCUT2D eigenvalue weighted by Gasteiger charge is -2.34. The average Bonchev–Trinajstić information content (AvgIpc) is 3.67. The summed E-state index contributed by atoms with van der Waals surface area (Å²) in [5.74, 6) is 1.38. The van der Waals surface area contributed by atoms with Crippen LogP contribution < -0.4 is 20.7 Å². The van der Waals surface area contributed by atoms with Crippen molar-refractivity contribution in [1.29, 1.82) is 5.26 Å². The van der Waals surface area contributed by atoms with Gasteiger partial charge in [-0.25, -0.2) is 9.97 Å². The van der Waals surface area contributed by atoms with Crippen LogP contribution in [0.5, 0.6) is 5.75 Å². The number of fused-ring (bicyclic) bond motifs is 3. The highest BCUT2D eigenvalue weighted by Crippen LogP contribution is 2.46. The molecule has 0 spiro atoms. The third kappa shape index (κ3) is 4.75. The molecule has 4 atom stereocenters. The van der Waals surface area contributed by atoms with E-state index in [1.165, 1.54) is 6.20 Å². The predicted molar refractivity (Wildman–Crippen MR) is 155 cm³/mol. The summed E-state index contributed by atoms with van der Waals surface area (Å²) >= 11 is 0. The second kappa shape index (κ2) is 10.5. The first-order valence-corrected chi connectivity index (χ1v) is 14.1. The topological polar surface area (TPSA) is 136 Å². The molecule has 2 aliphatic carbocycles. The lowest BCUT2D eigenvalue weighted by atomic mass is 9.88. The third-order valence-corrected chi connectivity index (χ3v) is 8.40. The van der Waals surface area contributed by atoms with Crippen LogP contribution in [0.2, 0.25) is 0 Å². The molecule has 10 heteroatoms. The van der Waals surface area contributed by atoms with Crippen LogP contribution >= 0.6 is 0 Å². The lowest BCUT2D eigenvalue weighted by Crippen LogP contribution is -2.44. The fraction of sp³-hybridized carbons (Fsp3) is 0.467. The molecule has 1 saturated carbocycles. The number of nitrogens with zero attached hydrogens (tertiary/aromatic N) is 5. The zero-order valence-corrected chi connectivity index (χ0v) is 23.2. The van der Waals surface area contributed by atoms with Crippen LogP contribution in [0, 0.1) is 35.0 Å². The number of nitriles is 1. The fourth-order valence-electron chi connectivity index (χ4n) is 6.24. The van der Waals surface area contributed by atoms with E-state index in [-0.39, 0.29) is 29.7 Å². The summed E-state index contributed by atoms with van der Waals surface area (Å²) < 4.78 is 6.31. The van der Waals surface area contributed by atoms with Crippen molar-refractivity contribution in [2.75, 3.05) is 50.1 Å². The van der Waals surface area contributed by atoms with E-state index >= 15 is 0 Å². The van der Waals surface area contributed by atoms with Gasteiger partial charge >= 0.3 is 0 Å². The van der Waals surface area contributed by atoms with Crippen molar-refractivity contribution in [3.63, 3.8) is 0 Å². The van der Waals surface area contributed by atoms with E-state index in [2.05, 4.69) is 76.3 Å². The molecule has 3 heterocycles. The number of nitrogens with one attached hydrogen (secondary N) is 2. The predicted octanol–water partition coefficient (Wildman–Crippen LogP) is 3.37. The lowest BCUT2D eigenvalue weighted by molar-refractivity contribution is -0.122. The van der Waals surface area contributed by atoms with Gasteiger partial charge in [-0.3, -0.25) is 4.79 Å². The summed E-state index contributed by atoms with van der Waals surface area (Å²) in [6.07, 6.45) is 6.64. The number of aromatic nitrogens is 3. The Morgan fingerprint density at radius 1 is 1.25 bits per heavy atom. The van der Waals surface area contributed by atoms with Gasteiger partial charge in [0.2, 0.25) is 5.91 Å². The normalized spacial score (nSPS) is 24.1. The Morgan fingerprint density at radius 2 is 2.02 bits per heavy atom. The van der Waals surface area contributed by atoms with E-state index < -0.39 is 0 Å². The number of hydrogen-bond acceptors (Lipinski definition) is 8. The van der Waals surface area contributed by atoms with Gasteiger partial charge in [0.15, 0.2) is 5.65 Å². The number of likely N-dealkylation sites (N-methyl/N-ethyl adjacent to an activating group) is 1. The van der Waals surface area contributed by atoms with Crippen LogP contribution in [0.4, 0.5) is 11.4 Å². The number of ether oxygens (including phenoxy) is 1. The van der Waals surface area contributed by atoms with Gasteiger partial charge in [0.25, 0.3) is 0 Å². The first kappa shape index (κ1) is 26.1. The number of imidazole rings is 1. The number of amides is 1. The molecule has 208 valence electrons. The minimum atomic E-state index is -0.328. The molecule has 6 rings (SSSR count). The number of hydrogen-bond donors (Lipinski definition) is 3. The smallest absolute Gasteiger partial charge is 0.223 e. The van der Waals surface area contributed by atoms with Gasteiger partial charge in [0, 0.05) is 50.2 Å². The molecule has 3 aromatic rings. The fourth-order valence-corrected chi connectivity index (χ4v) is 6.24. The van der Waals surface area contributed by atoms with Crippen molar-refractivity contribution >= 4 is 28.4 Å². The number of benzene rings is 1. The molecular weight excluding hydrogens is 504 g/mol. The minimum Gasteiger partial charge on any atom is -0.492 e. The SMILES string of the molecule is CC(C)COc1cc(N2CCN(C)CC2)ccc1-c1nc2ncc(C#N)c(N[C@H]3[C@@H](C(N)=O)[C@@H]4C=C[C@H]3C4)c2[nH]1. The van der Waals surface area contributed by atoms with E-state index in [4.69, 9.17) is 15.5 Å². The number of aromatic amines is 1. The highest BCUT2D eigenvalue weighted by atomic mass is 16.5. The van der Waals surface area contributed by atoms with Gasteiger partial charge in [-0.1, -0.05) is 26.0 Å². The van der Waals surface area contributed by atoms with Crippen LogP contribution in [0.1, 0.15) is 25.8 Å². The van der Waals surface area contributed by atoms with Gasteiger partial charge in [-0.15, -0.1) is 0 Å². The third-order valence-electron chi connectivity index (χ3n) is 8.40. The number of H-pyrrole nitrogens is 1. The van der Waals surface area contributed by atoms with Crippen molar-refractivity contribution in [3.8, 4) is 23.2 Å². The monoisotopic (exact) mass is 540 g/mol. The van der Waals surface area contributed by atoms with Crippen molar-refractivity contribution in [2.45, 2.75) is 26.3 Å². The average molecular weight is 541 g/mol. The van der Waals surface area contributed by atoms with Gasteiger partial charge in [0.05, 0.1) is 29.3 Å². The van der Waals surface area contributed by atoms with Gasteiger partial charge in [-0.05, 0) is 43.4 Å². The summed E-state index contributed by atoms with van der Waals surface area (Å²) in [5, 5.41) is 13.4. The number of allylic oxidation sites excluding steroid dienone is 1. The molecule has 10 nitrogen and oxygen atoms in total. The van der Waals surface area contributed by atoms with Crippen LogP contribution in [0.3, 0.4) is 0 Å². The number of anilines is 2. The molecule has 1 saturated heterocycles. The second-order valence-corrected chi connectivity index (χ2v) is 11.7. The first-order valence-electron chi connectivity index (χ1n) is 14.1. The summed E-state index contributed by atoms with van der Waals surface area (Å²) in [5.41, 5.74) is 9.86. The molecule has 3 aliphatic rings. The van der Waals surface area contributed by atoms with E-state index in [9.17, 15) is 10.1 Å². The maximum absolute atomic E-state index is 12.3. The molecule has 2 fully saturated rings. The molecule has 1 aliphatic heterocycles. The molecule has 0 unspecified atom stereocenters. The Labute approximate surface area is 234 Å². The summed E-state index contributed by atoms with van der Waals surface area (Å²) in [6, 6.07) is 8.32. The molecule has 2 aromatic heterocycles. The van der Waals surface area contributed by atoms with E-state index in [1.807, 2.05) is 6.07 Å². The Hall–Kier alpha value is -4.10. The molecule has 1 aromatic carbocycles. The molecule has 0 radical (unpaired) electrons. The van der Waals surface area contributed by atoms with Crippen LogP contribution in [-0.2, 0) is 4.79 Å². The van der Waals surface area contributed by atoms with Crippen LogP contribution in [0.15, 0.2) is 36.5 Å². The number of primary amides is 1. The van der Waals surface area contributed by atoms with E-state index in [1.54, 1.807) is 0 Å². The van der Waals surface area contributed by atoms with Gasteiger partial charge < -0.3 is 30.6 Å². The number of pyridine rings is 1. The minimum absolute atomic E-state index is 0.125. The van der Waals surface area contributed by atoms with Crippen molar-refractivity contribution in [3.05, 3.63) is 42.1 Å². The molecule has 2 bridgehead atoms. The van der Waals surface area contributed by atoms with Crippen molar-refractivity contribution in [1.82, 2.24) is 19.9 Å². The maximum Gasteiger partial charge on any atom is 0.223 e. The second-order valence-electron chi connectivity index (χ2n) is 11.7. The number of carbonyl (C=O) groups excluding carboxylic acids is 1. The standard InChI is InChI=1S/C30H36N8O2/c1-17(2)16-40-23-13-21(38-10-8-37(3)9-11-38)6-7-22(23)29-35-27-26(20(14-31)15-33-30(27)36-29)34-25-19-5-4-18(12-19)24(25)28(32)39/h4-7,13,15,17-19,24-25H,8-12,16H2,1-3H3,(H2,32,39)(H2,33,34,35,36)/t18-,19+,24+,25-/m1/s1. The summed E-state index contributed by atoms with van der Waals surface area (Å²) in [6.45, 7) is 8.79. The highest BCUT2D eigenvalue weighted by Gasteiger charge is 2.47. The highest BCUT2D eigenvalue weighted by molar-refractivity contribution is 5.92. The Kier molecular flexibility index (Phi) is 6.84. The van der Waals surface area contributed by atoms with Crippen molar-refractivity contribution in [2.24, 2.45) is 29.4 Å². The summed E-state index contributed by atoms with van der Waals surface area (Å²) in [4.78, 5) is 29.8. The maximum atomic E-state index is 12.3. The Balaban J connectivity index is 1.38. The zero-order valence-electron chi connectivity index (χ0n) is 23.2. The number of nitrogens with two attached hydrogens (primary N) is 1. The van der Waals surface area contributed by atoms with E-state index in [0.29, 0.717) is 40.8 Å². The number of carbonyl (C=O) groups is 1. The number of piperazine rings is 1. The van der Waals surface area contributed by atoms with Crippen molar-refractivity contribution < 1.29 is 9.53 Å². The molecule has 4 N–H and O–H groups in total. The molecule has 40 heavy (non-hydrogen) atoms. The zero-order chi connectivity index (χ0) is 28.0. The molecular formula is C30H36N8O2. The van der Waals surface area contributed by atoms with Gasteiger partial charge in [-0.2, -0.15) is 5.26 Å². The van der Waals surface area contributed by atoms with Gasteiger partial charge in [0.1, 0.15) is 23.2 Å². The number of rotatable bonds is 8. The summed E-state index contributed by atoms with van der Waals surface area (Å²) in [7, 11) is 2.15. The first-order chi connectivity index (χ1) is 19.3. The Morgan fingerprint density at radius 3 is 2.75 bits per heavy atom. The quantitative estimate of drug-likeness (QED) is 0.370. The van der Waals surface area contributed by atoms with E-state index in [0.717, 1.165) is 49.6 Å².